The van der Waals surface area contributed by atoms with E-state index in [1.165, 1.54) is 24.3 Å². The summed E-state index contributed by atoms with van der Waals surface area (Å²) in [6.45, 7) is 0. The Morgan fingerprint density at radius 3 is 2.52 bits per heavy atom. The zero-order valence-electron chi connectivity index (χ0n) is 11.4. The number of nitrogens with one attached hydrogen (secondary N) is 2. The standard InChI is InChI=1S/C13H9F3N6O/c14-13(15,16)23-9-3-1-8(2-4-9)18-11-5-6-17-7-10(11)12-19-21-22-20-12/h1-7H,(H,17,18)(H,19,20,21,22). The summed E-state index contributed by atoms with van der Waals surface area (Å²) in [7, 11) is 0. The Labute approximate surface area is 127 Å². The van der Waals surface area contributed by atoms with Crippen LogP contribution in [0.4, 0.5) is 24.5 Å². The second kappa shape index (κ2) is 5.91. The average Bonchev–Trinajstić information content (AvgIpc) is 3.02. The van der Waals surface area contributed by atoms with Crippen LogP contribution in [0.25, 0.3) is 11.4 Å². The van der Waals surface area contributed by atoms with Gasteiger partial charge >= 0.3 is 6.36 Å². The molecule has 0 bridgehead atoms. The van der Waals surface area contributed by atoms with Gasteiger partial charge in [0, 0.05) is 18.1 Å². The molecule has 0 atom stereocenters. The monoisotopic (exact) mass is 322 g/mol. The molecular formula is C13H9F3N6O. The Morgan fingerprint density at radius 1 is 1.09 bits per heavy atom. The van der Waals surface area contributed by atoms with Crippen LogP contribution >= 0.6 is 0 Å². The molecule has 0 aliphatic heterocycles. The average molecular weight is 322 g/mol. The van der Waals surface area contributed by atoms with E-state index in [4.69, 9.17) is 0 Å². The molecule has 2 N–H and O–H groups in total. The van der Waals surface area contributed by atoms with Crippen molar-refractivity contribution in [1.82, 2.24) is 25.6 Å². The van der Waals surface area contributed by atoms with Crippen LogP contribution in [0, 0.1) is 0 Å². The molecule has 2 heterocycles. The molecule has 0 radical (unpaired) electrons. The SMILES string of the molecule is FC(F)(F)Oc1ccc(Nc2ccncc2-c2nn[nH]n2)cc1. The Balaban J connectivity index is 1.80. The molecule has 0 fully saturated rings. The van der Waals surface area contributed by atoms with Gasteiger partial charge in [-0.15, -0.1) is 23.4 Å². The third-order valence-electron chi connectivity index (χ3n) is 2.77. The molecule has 0 amide bonds. The van der Waals surface area contributed by atoms with Crippen molar-refractivity contribution in [3.8, 4) is 17.1 Å². The molecule has 0 unspecified atom stereocenters. The number of alkyl halides is 3. The third kappa shape index (κ3) is 3.73. The van der Waals surface area contributed by atoms with Gasteiger partial charge in [-0.25, -0.2) is 0 Å². The lowest BCUT2D eigenvalue weighted by molar-refractivity contribution is -0.274. The zero-order valence-corrected chi connectivity index (χ0v) is 11.4. The van der Waals surface area contributed by atoms with Gasteiger partial charge in [0.15, 0.2) is 0 Å². The third-order valence-corrected chi connectivity index (χ3v) is 2.77. The molecular weight excluding hydrogens is 313 g/mol. The summed E-state index contributed by atoms with van der Waals surface area (Å²) in [4.78, 5) is 3.99. The largest absolute Gasteiger partial charge is 0.573 e. The van der Waals surface area contributed by atoms with Crippen LogP contribution in [-0.2, 0) is 0 Å². The second-order valence-corrected chi connectivity index (χ2v) is 4.35. The number of tetrazole rings is 1. The topological polar surface area (TPSA) is 88.6 Å². The van der Waals surface area contributed by atoms with Gasteiger partial charge in [-0.3, -0.25) is 4.98 Å². The number of hydrogen-bond acceptors (Lipinski definition) is 6. The predicted octanol–water partition coefficient (Wildman–Crippen LogP) is 2.90. The quantitative estimate of drug-likeness (QED) is 0.768. The normalized spacial score (nSPS) is 11.3. The lowest BCUT2D eigenvalue weighted by Gasteiger charge is -2.11. The first-order valence-electron chi connectivity index (χ1n) is 6.32. The van der Waals surface area contributed by atoms with Gasteiger partial charge in [0.25, 0.3) is 0 Å². The van der Waals surface area contributed by atoms with Crippen molar-refractivity contribution in [3.63, 3.8) is 0 Å². The number of aromatic nitrogens is 5. The molecule has 3 aromatic rings. The fraction of sp³-hybridized carbons (Fsp3) is 0.0769. The molecule has 23 heavy (non-hydrogen) atoms. The Hall–Kier alpha value is -3.17. The summed E-state index contributed by atoms with van der Waals surface area (Å²) in [5, 5.41) is 16.6. The first kappa shape index (κ1) is 14.8. The van der Waals surface area contributed by atoms with E-state index in [1.54, 1.807) is 18.5 Å². The van der Waals surface area contributed by atoms with Gasteiger partial charge < -0.3 is 10.1 Å². The van der Waals surface area contributed by atoms with E-state index in [0.717, 1.165) is 0 Å². The van der Waals surface area contributed by atoms with Crippen LogP contribution in [0.5, 0.6) is 5.75 Å². The first-order valence-corrected chi connectivity index (χ1v) is 6.32. The lowest BCUT2D eigenvalue weighted by atomic mass is 10.2. The van der Waals surface area contributed by atoms with Gasteiger partial charge in [-0.1, -0.05) is 0 Å². The zero-order chi connectivity index (χ0) is 16.3. The van der Waals surface area contributed by atoms with Crippen molar-refractivity contribution in [3.05, 3.63) is 42.7 Å². The Morgan fingerprint density at radius 2 is 1.87 bits per heavy atom. The van der Waals surface area contributed by atoms with E-state index in [-0.39, 0.29) is 5.75 Å². The lowest BCUT2D eigenvalue weighted by Crippen LogP contribution is -2.16. The number of halogens is 3. The highest BCUT2D eigenvalue weighted by molar-refractivity contribution is 5.76. The van der Waals surface area contributed by atoms with Crippen LogP contribution in [0.1, 0.15) is 0 Å². The number of aromatic amines is 1. The van der Waals surface area contributed by atoms with E-state index >= 15 is 0 Å². The van der Waals surface area contributed by atoms with E-state index in [9.17, 15) is 13.2 Å². The van der Waals surface area contributed by atoms with E-state index in [0.29, 0.717) is 22.8 Å². The van der Waals surface area contributed by atoms with Gasteiger partial charge in [0.1, 0.15) is 5.75 Å². The van der Waals surface area contributed by atoms with Crippen molar-refractivity contribution >= 4 is 11.4 Å². The number of ether oxygens (including phenoxy) is 1. The van der Waals surface area contributed by atoms with Crippen molar-refractivity contribution < 1.29 is 17.9 Å². The molecule has 0 aliphatic carbocycles. The van der Waals surface area contributed by atoms with Gasteiger partial charge in [-0.2, -0.15) is 5.21 Å². The smallest absolute Gasteiger partial charge is 0.406 e. The molecule has 118 valence electrons. The minimum atomic E-state index is -4.72. The summed E-state index contributed by atoms with van der Waals surface area (Å²) in [6, 6.07) is 7.03. The number of benzene rings is 1. The molecule has 0 saturated carbocycles. The number of H-pyrrole nitrogens is 1. The minimum Gasteiger partial charge on any atom is -0.406 e. The number of hydrogen-bond donors (Lipinski definition) is 2. The Bertz CT molecular complexity index is 773. The van der Waals surface area contributed by atoms with Crippen molar-refractivity contribution in [2.75, 3.05) is 5.32 Å². The minimum absolute atomic E-state index is 0.295. The molecule has 0 aliphatic rings. The second-order valence-electron chi connectivity index (χ2n) is 4.35. The molecule has 1 aromatic carbocycles. The predicted molar refractivity (Wildman–Crippen MR) is 73.8 cm³/mol. The van der Waals surface area contributed by atoms with Gasteiger partial charge in [-0.05, 0) is 35.5 Å². The molecule has 0 spiro atoms. The fourth-order valence-corrected chi connectivity index (χ4v) is 1.85. The highest BCUT2D eigenvalue weighted by Crippen LogP contribution is 2.28. The summed E-state index contributed by atoms with van der Waals surface area (Å²) in [5.41, 5.74) is 1.79. The molecule has 7 nitrogen and oxygen atoms in total. The maximum Gasteiger partial charge on any atom is 0.573 e. The van der Waals surface area contributed by atoms with Crippen LogP contribution < -0.4 is 10.1 Å². The number of anilines is 2. The van der Waals surface area contributed by atoms with Crippen LogP contribution in [0.2, 0.25) is 0 Å². The number of rotatable bonds is 4. The maximum absolute atomic E-state index is 12.1. The van der Waals surface area contributed by atoms with Crippen LogP contribution in [0.3, 0.4) is 0 Å². The fourth-order valence-electron chi connectivity index (χ4n) is 1.85. The molecule has 3 rings (SSSR count). The highest BCUT2D eigenvalue weighted by Gasteiger charge is 2.30. The van der Waals surface area contributed by atoms with Crippen LogP contribution in [-0.4, -0.2) is 32.0 Å². The number of nitrogens with zero attached hydrogens (tertiary/aromatic N) is 4. The van der Waals surface area contributed by atoms with Crippen molar-refractivity contribution in [2.45, 2.75) is 6.36 Å². The van der Waals surface area contributed by atoms with E-state index < -0.39 is 6.36 Å². The summed E-state index contributed by atoms with van der Waals surface area (Å²) in [5.74, 6) is 0.0498. The van der Waals surface area contributed by atoms with Crippen molar-refractivity contribution in [2.24, 2.45) is 0 Å². The summed E-state index contributed by atoms with van der Waals surface area (Å²) in [6.07, 6.45) is -1.60. The van der Waals surface area contributed by atoms with Crippen molar-refractivity contribution in [1.29, 1.82) is 0 Å². The number of pyridine rings is 1. The van der Waals surface area contributed by atoms with Crippen LogP contribution in [0.15, 0.2) is 42.7 Å². The Kier molecular flexibility index (Phi) is 3.79. The highest BCUT2D eigenvalue weighted by atomic mass is 19.4. The van der Waals surface area contributed by atoms with E-state index in [2.05, 4.69) is 35.7 Å². The summed E-state index contributed by atoms with van der Waals surface area (Å²) >= 11 is 0. The molecule has 10 heteroatoms. The van der Waals surface area contributed by atoms with Gasteiger partial charge in [0.2, 0.25) is 5.82 Å². The molecule has 2 aromatic heterocycles. The van der Waals surface area contributed by atoms with E-state index in [1.807, 2.05) is 0 Å². The molecule has 0 saturated heterocycles. The maximum atomic E-state index is 12.1. The first-order chi connectivity index (χ1) is 11.0. The van der Waals surface area contributed by atoms with Gasteiger partial charge in [0.05, 0.1) is 11.3 Å². The summed E-state index contributed by atoms with van der Waals surface area (Å²) < 4.78 is 40.2.